The molecule has 0 spiro atoms. The second kappa shape index (κ2) is 12.4. The molecule has 4 nitrogen and oxygen atoms in total. The second-order valence-electron chi connectivity index (χ2n) is 7.64. The standard InChI is InChI=1S/C23H31N3O.2ClH/c1-2-4-19(5-3-1)18-25-22-8-6-20(7-9-22)23(21-10-16-27-17-11-21)26-14-12-24-13-15-26;;/h1-9,21,23-25H,10-18H2;2*1H/t23-;;/m1../s1. The third-order valence-corrected chi connectivity index (χ3v) is 5.85. The summed E-state index contributed by atoms with van der Waals surface area (Å²) < 4.78 is 5.63. The van der Waals surface area contributed by atoms with Gasteiger partial charge < -0.3 is 15.4 Å². The highest BCUT2D eigenvalue weighted by Gasteiger charge is 2.31. The van der Waals surface area contributed by atoms with Gasteiger partial charge in [0.1, 0.15) is 0 Å². The summed E-state index contributed by atoms with van der Waals surface area (Å²) in [6.45, 7) is 7.13. The number of anilines is 1. The van der Waals surface area contributed by atoms with Gasteiger partial charge in [0.05, 0.1) is 0 Å². The van der Waals surface area contributed by atoms with Crippen LogP contribution in [0.5, 0.6) is 0 Å². The molecule has 2 aliphatic rings. The summed E-state index contributed by atoms with van der Waals surface area (Å²) in [4.78, 5) is 2.68. The molecule has 0 amide bonds. The van der Waals surface area contributed by atoms with Crippen molar-refractivity contribution in [2.24, 2.45) is 5.92 Å². The quantitative estimate of drug-likeness (QED) is 0.696. The molecule has 1 atom stereocenters. The number of hydrogen-bond donors (Lipinski definition) is 2. The van der Waals surface area contributed by atoms with Gasteiger partial charge in [0.2, 0.25) is 0 Å². The minimum atomic E-state index is 0. The molecule has 2 aliphatic heterocycles. The van der Waals surface area contributed by atoms with Crippen molar-refractivity contribution in [1.29, 1.82) is 0 Å². The van der Waals surface area contributed by atoms with Crippen LogP contribution in [0, 0.1) is 5.92 Å². The Morgan fingerprint density at radius 2 is 1.59 bits per heavy atom. The zero-order valence-electron chi connectivity index (χ0n) is 16.9. The van der Waals surface area contributed by atoms with Crippen molar-refractivity contribution in [2.75, 3.05) is 44.7 Å². The zero-order valence-corrected chi connectivity index (χ0v) is 18.5. The second-order valence-corrected chi connectivity index (χ2v) is 7.64. The smallest absolute Gasteiger partial charge is 0.0469 e. The van der Waals surface area contributed by atoms with Crippen LogP contribution in [0.2, 0.25) is 0 Å². The molecule has 2 saturated heterocycles. The van der Waals surface area contributed by atoms with Crippen LogP contribution in [0.1, 0.15) is 30.0 Å². The Morgan fingerprint density at radius 1 is 0.931 bits per heavy atom. The van der Waals surface area contributed by atoms with Gasteiger partial charge in [0.25, 0.3) is 0 Å². The van der Waals surface area contributed by atoms with Crippen LogP contribution in [0.25, 0.3) is 0 Å². The number of rotatable bonds is 6. The van der Waals surface area contributed by atoms with Crippen LogP contribution >= 0.6 is 24.8 Å². The number of piperazine rings is 1. The van der Waals surface area contributed by atoms with Gasteiger partial charge in [-0.15, -0.1) is 24.8 Å². The van der Waals surface area contributed by atoms with E-state index in [1.54, 1.807) is 0 Å². The van der Waals surface area contributed by atoms with Gasteiger partial charge in [-0.3, -0.25) is 4.90 Å². The van der Waals surface area contributed by atoms with Crippen LogP contribution in [0.4, 0.5) is 5.69 Å². The molecule has 0 saturated carbocycles. The van der Waals surface area contributed by atoms with Crippen LogP contribution < -0.4 is 10.6 Å². The van der Waals surface area contributed by atoms with Gasteiger partial charge in [-0.2, -0.15) is 0 Å². The van der Waals surface area contributed by atoms with Crippen LogP contribution in [-0.2, 0) is 11.3 Å². The summed E-state index contributed by atoms with van der Waals surface area (Å²) >= 11 is 0. The predicted molar refractivity (Wildman–Crippen MR) is 125 cm³/mol. The van der Waals surface area contributed by atoms with Crippen molar-refractivity contribution in [2.45, 2.75) is 25.4 Å². The van der Waals surface area contributed by atoms with E-state index < -0.39 is 0 Å². The topological polar surface area (TPSA) is 36.5 Å². The molecule has 0 unspecified atom stereocenters. The van der Waals surface area contributed by atoms with E-state index in [4.69, 9.17) is 4.74 Å². The summed E-state index contributed by atoms with van der Waals surface area (Å²) in [5, 5.41) is 7.03. The van der Waals surface area contributed by atoms with E-state index in [0.29, 0.717) is 12.0 Å². The molecule has 0 aliphatic carbocycles. The van der Waals surface area contributed by atoms with E-state index in [9.17, 15) is 0 Å². The van der Waals surface area contributed by atoms with Gasteiger partial charge in [-0.25, -0.2) is 0 Å². The Hall–Kier alpha value is -1.30. The first-order chi connectivity index (χ1) is 13.4. The summed E-state index contributed by atoms with van der Waals surface area (Å²) in [6.07, 6.45) is 2.34. The SMILES string of the molecule is Cl.Cl.c1ccc(CNc2ccc([C@H](C3CCOCC3)N3CCNCC3)cc2)cc1. The summed E-state index contributed by atoms with van der Waals surface area (Å²) in [5.74, 6) is 0.694. The molecule has 2 aromatic carbocycles. The van der Waals surface area contributed by atoms with Crippen molar-refractivity contribution in [3.05, 3.63) is 65.7 Å². The third-order valence-electron chi connectivity index (χ3n) is 5.85. The number of hydrogen-bond acceptors (Lipinski definition) is 4. The van der Waals surface area contributed by atoms with Crippen LogP contribution in [0.15, 0.2) is 54.6 Å². The van der Waals surface area contributed by atoms with Gasteiger partial charge >= 0.3 is 0 Å². The van der Waals surface area contributed by atoms with Crippen LogP contribution in [-0.4, -0.2) is 44.3 Å². The van der Waals surface area contributed by atoms with Crippen molar-refractivity contribution in [1.82, 2.24) is 10.2 Å². The molecule has 2 aromatic rings. The highest BCUT2D eigenvalue weighted by atomic mass is 35.5. The Labute approximate surface area is 187 Å². The van der Waals surface area contributed by atoms with Crippen molar-refractivity contribution >= 4 is 30.5 Å². The third kappa shape index (κ3) is 6.59. The molecule has 160 valence electrons. The number of nitrogens with zero attached hydrogens (tertiary/aromatic N) is 1. The Morgan fingerprint density at radius 3 is 2.24 bits per heavy atom. The number of benzene rings is 2. The highest BCUT2D eigenvalue weighted by Crippen LogP contribution is 2.35. The fraction of sp³-hybridized carbons (Fsp3) is 0.478. The predicted octanol–water partition coefficient (Wildman–Crippen LogP) is 4.52. The molecular formula is C23H33Cl2N3O. The average Bonchev–Trinajstić information content (AvgIpc) is 2.76. The largest absolute Gasteiger partial charge is 0.381 e. The average molecular weight is 438 g/mol. The fourth-order valence-electron chi connectivity index (χ4n) is 4.37. The lowest BCUT2D eigenvalue weighted by Crippen LogP contribution is -2.47. The Bertz CT molecular complexity index is 669. The van der Waals surface area contributed by atoms with E-state index in [-0.39, 0.29) is 24.8 Å². The van der Waals surface area contributed by atoms with E-state index >= 15 is 0 Å². The van der Waals surface area contributed by atoms with E-state index in [0.717, 1.165) is 45.9 Å². The summed E-state index contributed by atoms with van der Waals surface area (Å²) in [7, 11) is 0. The first-order valence-corrected chi connectivity index (χ1v) is 10.3. The van der Waals surface area contributed by atoms with Gasteiger partial charge in [-0.1, -0.05) is 42.5 Å². The van der Waals surface area contributed by atoms with E-state index in [2.05, 4.69) is 70.1 Å². The molecule has 2 heterocycles. The Balaban J connectivity index is 0.00000150. The van der Waals surface area contributed by atoms with Gasteiger partial charge in [0, 0.05) is 57.7 Å². The monoisotopic (exact) mass is 437 g/mol. The number of ether oxygens (including phenoxy) is 1. The first-order valence-electron chi connectivity index (χ1n) is 10.3. The maximum absolute atomic E-state index is 5.63. The normalized spacial score (nSPS) is 18.9. The van der Waals surface area contributed by atoms with E-state index in [1.165, 1.54) is 29.7 Å². The lowest BCUT2D eigenvalue weighted by atomic mass is 9.85. The maximum Gasteiger partial charge on any atom is 0.0469 e. The molecular weight excluding hydrogens is 405 g/mol. The molecule has 6 heteroatoms. The van der Waals surface area contributed by atoms with Crippen molar-refractivity contribution in [3.63, 3.8) is 0 Å². The van der Waals surface area contributed by atoms with Gasteiger partial charge in [-0.05, 0) is 42.0 Å². The molecule has 2 N–H and O–H groups in total. The van der Waals surface area contributed by atoms with Crippen molar-refractivity contribution in [3.8, 4) is 0 Å². The first kappa shape index (κ1) is 24.0. The number of halogens is 2. The van der Waals surface area contributed by atoms with Crippen LogP contribution in [0.3, 0.4) is 0 Å². The fourth-order valence-corrected chi connectivity index (χ4v) is 4.37. The minimum absolute atomic E-state index is 0. The molecule has 0 aromatic heterocycles. The maximum atomic E-state index is 5.63. The zero-order chi connectivity index (χ0) is 18.3. The summed E-state index contributed by atoms with van der Waals surface area (Å²) in [5.41, 5.74) is 3.95. The molecule has 4 rings (SSSR count). The molecule has 29 heavy (non-hydrogen) atoms. The van der Waals surface area contributed by atoms with E-state index in [1.807, 2.05) is 0 Å². The minimum Gasteiger partial charge on any atom is -0.381 e. The molecule has 0 radical (unpaired) electrons. The van der Waals surface area contributed by atoms with Gasteiger partial charge in [0.15, 0.2) is 0 Å². The lowest BCUT2D eigenvalue weighted by molar-refractivity contribution is 0.0213. The Kier molecular flexibility index (Phi) is 10.3. The summed E-state index contributed by atoms with van der Waals surface area (Å²) in [6, 6.07) is 20.2. The highest BCUT2D eigenvalue weighted by molar-refractivity contribution is 5.85. The van der Waals surface area contributed by atoms with Crippen molar-refractivity contribution < 1.29 is 4.74 Å². The molecule has 0 bridgehead atoms. The molecule has 2 fully saturated rings. The lowest BCUT2D eigenvalue weighted by Gasteiger charge is -2.41. The number of nitrogens with one attached hydrogen (secondary N) is 2.